The van der Waals surface area contributed by atoms with Gasteiger partial charge in [0, 0.05) is 29.9 Å². The van der Waals surface area contributed by atoms with Crippen molar-refractivity contribution in [2.75, 3.05) is 7.11 Å². The second kappa shape index (κ2) is 5.97. The molecule has 4 nitrogen and oxygen atoms in total. The van der Waals surface area contributed by atoms with Gasteiger partial charge in [-0.1, -0.05) is 24.3 Å². The minimum atomic E-state index is 0.208. The first-order valence-electron chi connectivity index (χ1n) is 7.07. The molecule has 0 saturated heterocycles. The second-order valence-corrected chi connectivity index (χ2v) is 5.04. The number of hydrogen-bond acceptors (Lipinski definition) is 3. The van der Waals surface area contributed by atoms with E-state index in [2.05, 4.69) is 29.5 Å². The SMILES string of the molecule is COc1ccccc1[C@@H](C)NCc1cnn2ccccc12. The average Bonchev–Trinajstić information content (AvgIpc) is 2.96. The number of para-hydroxylation sites is 1. The number of hydrogen-bond donors (Lipinski definition) is 1. The molecule has 0 amide bonds. The van der Waals surface area contributed by atoms with E-state index >= 15 is 0 Å². The van der Waals surface area contributed by atoms with E-state index in [-0.39, 0.29) is 6.04 Å². The minimum absolute atomic E-state index is 0.208. The lowest BCUT2D eigenvalue weighted by molar-refractivity contribution is 0.401. The number of benzene rings is 1. The van der Waals surface area contributed by atoms with Crippen molar-refractivity contribution in [2.45, 2.75) is 19.5 Å². The first-order chi connectivity index (χ1) is 10.3. The fraction of sp³-hybridized carbons (Fsp3) is 0.235. The summed E-state index contributed by atoms with van der Waals surface area (Å²) in [4.78, 5) is 0. The van der Waals surface area contributed by atoms with Gasteiger partial charge in [0.15, 0.2) is 0 Å². The maximum absolute atomic E-state index is 5.42. The number of aromatic nitrogens is 2. The molecular formula is C17H19N3O. The van der Waals surface area contributed by atoms with Crippen LogP contribution in [-0.4, -0.2) is 16.7 Å². The summed E-state index contributed by atoms with van der Waals surface area (Å²) in [5.74, 6) is 0.914. The predicted octanol–water partition coefficient (Wildman–Crippen LogP) is 3.19. The third-order valence-electron chi connectivity index (χ3n) is 3.71. The maximum Gasteiger partial charge on any atom is 0.123 e. The monoisotopic (exact) mass is 281 g/mol. The highest BCUT2D eigenvalue weighted by atomic mass is 16.5. The number of rotatable bonds is 5. The van der Waals surface area contributed by atoms with Crippen molar-refractivity contribution >= 4 is 5.52 Å². The van der Waals surface area contributed by atoms with Crippen molar-refractivity contribution in [1.82, 2.24) is 14.9 Å². The van der Waals surface area contributed by atoms with Gasteiger partial charge in [-0.2, -0.15) is 5.10 Å². The van der Waals surface area contributed by atoms with Gasteiger partial charge in [-0.3, -0.25) is 0 Å². The van der Waals surface area contributed by atoms with E-state index in [0.717, 1.165) is 23.4 Å². The van der Waals surface area contributed by atoms with Gasteiger partial charge in [-0.05, 0) is 25.1 Å². The van der Waals surface area contributed by atoms with Crippen LogP contribution in [0.4, 0.5) is 0 Å². The third kappa shape index (κ3) is 2.76. The molecule has 3 aromatic rings. The zero-order valence-electron chi connectivity index (χ0n) is 12.3. The molecule has 0 aliphatic heterocycles. The van der Waals surface area contributed by atoms with Crippen molar-refractivity contribution < 1.29 is 4.74 Å². The van der Waals surface area contributed by atoms with E-state index in [9.17, 15) is 0 Å². The summed E-state index contributed by atoms with van der Waals surface area (Å²) in [5.41, 5.74) is 3.49. The van der Waals surface area contributed by atoms with Gasteiger partial charge in [0.2, 0.25) is 0 Å². The van der Waals surface area contributed by atoms with Crippen LogP contribution >= 0.6 is 0 Å². The average molecular weight is 281 g/mol. The molecule has 21 heavy (non-hydrogen) atoms. The van der Waals surface area contributed by atoms with Crippen LogP contribution in [0, 0.1) is 0 Å². The smallest absolute Gasteiger partial charge is 0.123 e. The normalized spacial score (nSPS) is 12.5. The number of ether oxygens (including phenoxy) is 1. The number of nitrogens with one attached hydrogen (secondary N) is 1. The summed E-state index contributed by atoms with van der Waals surface area (Å²) in [6.45, 7) is 2.91. The van der Waals surface area contributed by atoms with Crippen molar-refractivity contribution in [1.29, 1.82) is 0 Å². The summed E-state index contributed by atoms with van der Waals surface area (Å²) < 4.78 is 7.31. The van der Waals surface area contributed by atoms with Gasteiger partial charge in [-0.15, -0.1) is 0 Å². The van der Waals surface area contributed by atoms with Crippen molar-refractivity contribution in [3.63, 3.8) is 0 Å². The Morgan fingerprint density at radius 2 is 2.00 bits per heavy atom. The Morgan fingerprint density at radius 1 is 1.19 bits per heavy atom. The number of nitrogens with zero attached hydrogens (tertiary/aromatic N) is 2. The summed E-state index contributed by atoms with van der Waals surface area (Å²) >= 11 is 0. The minimum Gasteiger partial charge on any atom is -0.496 e. The molecule has 2 aromatic heterocycles. The molecule has 0 spiro atoms. The van der Waals surface area contributed by atoms with E-state index < -0.39 is 0 Å². The number of fused-ring (bicyclic) bond motifs is 1. The highest BCUT2D eigenvalue weighted by Gasteiger charge is 2.11. The molecule has 1 atom stereocenters. The van der Waals surface area contributed by atoms with Crippen LogP contribution in [0.1, 0.15) is 24.1 Å². The molecule has 1 aromatic carbocycles. The fourth-order valence-electron chi connectivity index (χ4n) is 2.52. The first-order valence-corrected chi connectivity index (χ1v) is 7.07. The Kier molecular flexibility index (Phi) is 3.88. The summed E-state index contributed by atoms with van der Waals surface area (Å²) in [6, 6.07) is 14.4. The number of pyridine rings is 1. The van der Waals surface area contributed by atoms with Gasteiger partial charge < -0.3 is 10.1 Å². The first kappa shape index (κ1) is 13.6. The molecule has 0 aliphatic carbocycles. The topological polar surface area (TPSA) is 38.6 Å². The zero-order valence-corrected chi connectivity index (χ0v) is 12.3. The molecule has 0 fully saturated rings. The highest BCUT2D eigenvalue weighted by molar-refractivity contribution is 5.53. The van der Waals surface area contributed by atoms with Crippen LogP contribution in [0.3, 0.4) is 0 Å². The van der Waals surface area contributed by atoms with Crippen LogP contribution in [0.25, 0.3) is 5.52 Å². The van der Waals surface area contributed by atoms with E-state index in [1.165, 1.54) is 5.56 Å². The quantitative estimate of drug-likeness (QED) is 0.780. The lowest BCUT2D eigenvalue weighted by atomic mass is 10.1. The second-order valence-electron chi connectivity index (χ2n) is 5.04. The predicted molar refractivity (Wildman–Crippen MR) is 83.4 cm³/mol. The van der Waals surface area contributed by atoms with E-state index in [0.29, 0.717) is 0 Å². The standard InChI is InChI=1S/C17H19N3O/c1-13(15-7-3-4-9-17(15)21-2)18-11-14-12-19-20-10-6-5-8-16(14)20/h3-10,12-13,18H,11H2,1-2H3/t13-/m1/s1. The van der Waals surface area contributed by atoms with Crippen LogP contribution in [0.15, 0.2) is 54.9 Å². The van der Waals surface area contributed by atoms with Crippen LogP contribution in [0.2, 0.25) is 0 Å². The third-order valence-corrected chi connectivity index (χ3v) is 3.71. The largest absolute Gasteiger partial charge is 0.496 e. The molecule has 0 saturated carbocycles. The van der Waals surface area contributed by atoms with Gasteiger partial charge in [0.25, 0.3) is 0 Å². The maximum atomic E-state index is 5.42. The van der Waals surface area contributed by atoms with E-state index in [4.69, 9.17) is 4.74 Å². The molecule has 0 bridgehead atoms. The van der Waals surface area contributed by atoms with E-state index in [1.54, 1.807) is 7.11 Å². The Morgan fingerprint density at radius 3 is 2.86 bits per heavy atom. The van der Waals surface area contributed by atoms with Gasteiger partial charge in [0.05, 0.1) is 18.8 Å². The zero-order chi connectivity index (χ0) is 14.7. The molecule has 3 rings (SSSR count). The number of methoxy groups -OCH3 is 1. The Labute approximate surface area is 124 Å². The van der Waals surface area contributed by atoms with Crippen LogP contribution in [-0.2, 0) is 6.54 Å². The lowest BCUT2D eigenvalue weighted by Gasteiger charge is -2.16. The van der Waals surface area contributed by atoms with Crippen molar-refractivity contribution in [3.8, 4) is 5.75 Å². The molecule has 0 unspecified atom stereocenters. The summed E-state index contributed by atoms with van der Waals surface area (Å²) in [7, 11) is 1.71. The van der Waals surface area contributed by atoms with Gasteiger partial charge in [-0.25, -0.2) is 4.52 Å². The van der Waals surface area contributed by atoms with E-state index in [1.807, 2.05) is 47.2 Å². The molecule has 1 N–H and O–H groups in total. The van der Waals surface area contributed by atoms with Gasteiger partial charge in [0.1, 0.15) is 5.75 Å². The van der Waals surface area contributed by atoms with Crippen molar-refractivity contribution in [2.24, 2.45) is 0 Å². The fourth-order valence-corrected chi connectivity index (χ4v) is 2.52. The molecule has 0 radical (unpaired) electrons. The van der Waals surface area contributed by atoms with Gasteiger partial charge >= 0.3 is 0 Å². The molecule has 4 heteroatoms. The Bertz CT molecular complexity index is 735. The van der Waals surface area contributed by atoms with Crippen molar-refractivity contribution in [3.05, 3.63) is 66.0 Å². The lowest BCUT2D eigenvalue weighted by Crippen LogP contribution is -2.18. The van der Waals surface area contributed by atoms with Crippen LogP contribution in [0.5, 0.6) is 5.75 Å². The Balaban J connectivity index is 1.75. The Hall–Kier alpha value is -2.33. The van der Waals surface area contributed by atoms with Crippen LogP contribution < -0.4 is 10.1 Å². The molecule has 2 heterocycles. The summed E-state index contributed by atoms with van der Waals surface area (Å²) in [5, 5.41) is 7.89. The molecule has 0 aliphatic rings. The summed E-state index contributed by atoms with van der Waals surface area (Å²) in [6.07, 6.45) is 3.87. The highest BCUT2D eigenvalue weighted by Crippen LogP contribution is 2.24. The molecular weight excluding hydrogens is 262 g/mol. The molecule has 108 valence electrons.